The van der Waals surface area contributed by atoms with E-state index >= 15 is 0 Å². The predicted molar refractivity (Wildman–Crippen MR) is 109 cm³/mol. The van der Waals surface area contributed by atoms with Gasteiger partial charge in [-0.25, -0.2) is 13.1 Å². The molecule has 0 fully saturated rings. The van der Waals surface area contributed by atoms with Crippen LogP contribution < -0.4 is 4.72 Å². The van der Waals surface area contributed by atoms with E-state index in [1.165, 1.54) is 19.2 Å². The number of methoxy groups -OCH3 is 1. The maximum atomic E-state index is 12.5. The lowest BCUT2D eigenvalue weighted by Crippen LogP contribution is -2.28. The SMILES string of the molecule is COC(=O)CCCCCC(CNS(=O)(=O)c1ccc(Cl)cc1)c1cccnc1. The summed E-state index contributed by atoms with van der Waals surface area (Å²) in [6.07, 6.45) is 7.13. The molecule has 0 aliphatic heterocycles. The molecule has 0 bridgehead atoms. The third-order valence-electron chi connectivity index (χ3n) is 4.46. The quantitative estimate of drug-likeness (QED) is 0.436. The van der Waals surface area contributed by atoms with Crippen LogP contribution in [0.25, 0.3) is 0 Å². The average molecular weight is 425 g/mol. The normalized spacial score (nSPS) is 12.5. The molecular formula is C20H25ClN2O4S. The second-order valence-corrected chi connectivity index (χ2v) is 8.67. The van der Waals surface area contributed by atoms with Gasteiger partial charge in [0.25, 0.3) is 0 Å². The smallest absolute Gasteiger partial charge is 0.305 e. The molecule has 152 valence electrons. The van der Waals surface area contributed by atoms with Crippen molar-refractivity contribution in [1.82, 2.24) is 9.71 Å². The highest BCUT2D eigenvalue weighted by molar-refractivity contribution is 7.89. The molecule has 1 heterocycles. The standard InChI is InChI=1S/C20H25ClN2O4S/c1-27-20(24)8-4-2-3-6-17(16-7-5-13-22-14-16)15-23-28(25,26)19-11-9-18(21)10-12-19/h5,7,9-14,17,23H,2-4,6,8,15H2,1H3. The van der Waals surface area contributed by atoms with Crippen LogP contribution in [0, 0.1) is 0 Å². The van der Waals surface area contributed by atoms with Gasteiger partial charge in [0.15, 0.2) is 0 Å². The van der Waals surface area contributed by atoms with E-state index in [9.17, 15) is 13.2 Å². The topological polar surface area (TPSA) is 85.4 Å². The summed E-state index contributed by atoms with van der Waals surface area (Å²) in [6, 6.07) is 9.86. The van der Waals surface area contributed by atoms with Crippen LogP contribution in [-0.4, -0.2) is 33.0 Å². The van der Waals surface area contributed by atoms with E-state index < -0.39 is 10.0 Å². The molecule has 1 aromatic heterocycles. The minimum absolute atomic E-state index is 0.00565. The molecule has 1 atom stereocenters. The number of hydrogen-bond donors (Lipinski definition) is 1. The van der Waals surface area contributed by atoms with Gasteiger partial charge in [-0.15, -0.1) is 0 Å². The number of hydrogen-bond acceptors (Lipinski definition) is 5. The maximum Gasteiger partial charge on any atom is 0.305 e. The van der Waals surface area contributed by atoms with Crippen molar-refractivity contribution in [3.63, 3.8) is 0 Å². The molecule has 0 spiro atoms. The van der Waals surface area contributed by atoms with Crippen molar-refractivity contribution in [2.45, 2.75) is 42.9 Å². The monoisotopic (exact) mass is 424 g/mol. The molecule has 0 amide bonds. The minimum atomic E-state index is -3.62. The van der Waals surface area contributed by atoms with E-state index in [4.69, 9.17) is 11.6 Å². The second-order valence-electron chi connectivity index (χ2n) is 6.46. The highest BCUT2D eigenvalue weighted by Crippen LogP contribution is 2.23. The molecule has 0 aliphatic rings. The van der Waals surface area contributed by atoms with E-state index in [0.717, 1.165) is 31.2 Å². The lowest BCUT2D eigenvalue weighted by molar-refractivity contribution is -0.140. The van der Waals surface area contributed by atoms with Gasteiger partial charge in [-0.05, 0) is 54.7 Å². The predicted octanol–water partition coefficient (Wildman–Crippen LogP) is 3.92. The average Bonchev–Trinajstić information content (AvgIpc) is 2.70. The molecule has 8 heteroatoms. The Morgan fingerprint density at radius 2 is 1.93 bits per heavy atom. The molecule has 2 aromatic rings. The number of nitrogens with zero attached hydrogens (tertiary/aromatic N) is 1. The van der Waals surface area contributed by atoms with Gasteiger partial charge >= 0.3 is 5.97 Å². The molecule has 0 radical (unpaired) electrons. The van der Waals surface area contributed by atoms with E-state index in [1.807, 2.05) is 12.1 Å². The summed E-state index contributed by atoms with van der Waals surface area (Å²) in [6.45, 7) is 0.271. The lowest BCUT2D eigenvalue weighted by atomic mass is 9.94. The number of carbonyl (C=O) groups excluding carboxylic acids is 1. The van der Waals surface area contributed by atoms with Gasteiger partial charge in [0.2, 0.25) is 10.0 Å². The van der Waals surface area contributed by atoms with Crippen molar-refractivity contribution in [3.05, 3.63) is 59.4 Å². The number of sulfonamides is 1. The number of benzene rings is 1. The first-order valence-electron chi connectivity index (χ1n) is 9.14. The van der Waals surface area contributed by atoms with E-state index in [1.54, 1.807) is 24.5 Å². The van der Waals surface area contributed by atoms with Gasteiger partial charge in [0, 0.05) is 30.4 Å². The zero-order valence-corrected chi connectivity index (χ0v) is 17.4. The van der Waals surface area contributed by atoms with Gasteiger partial charge in [-0.1, -0.05) is 30.5 Å². The highest BCUT2D eigenvalue weighted by Gasteiger charge is 2.18. The molecule has 2 rings (SSSR count). The fourth-order valence-electron chi connectivity index (χ4n) is 2.85. The Balaban J connectivity index is 1.96. The third-order valence-corrected chi connectivity index (χ3v) is 6.15. The number of unbranched alkanes of at least 4 members (excludes halogenated alkanes) is 2. The van der Waals surface area contributed by atoms with Crippen LogP contribution in [0.5, 0.6) is 0 Å². The van der Waals surface area contributed by atoms with Crippen molar-refractivity contribution < 1.29 is 17.9 Å². The summed E-state index contributed by atoms with van der Waals surface area (Å²) < 4.78 is 32.4. The summed E-state index contributed by atoms with van der Waals surface area (Å²) >= 11 is 5.83. The van der Waals surface area contributed by atoms with Crippen LogP contribution in [0.4, 0.5) is 0 Å². The van der Waals surface area contributed by atoms with Crippen LogP contribution >= 0.6 is 11.6 Å². The van der Waals surface area contributed by atoms with Crippen molar-refractivity contribution in [1.29, 1.82) is 0 Å². The van der Waals surface area contributed by atoms with Crippen LogP contribution in [0.15, 0.2) is 53.7 Å². The second kappa shape index (κ2) is 11.1. The third kappa shape index (κ3) is 7.22. The lowest BCUT2D eigenvalue weighted by Gasteiger charge is -2.18. The molecule has 6 nitrogen and oxygen atoms in total. The summed E-state index contributed by atoms with van der Waals surface area (Å²) in [4.78, 5) is 15.5. The fraction of sp³-hybridized carbons (Fsp3) is 0.400. The summed E-state index contributed by atoms with van der Waals surface area (Å²) in [5.41, 5.74) is 0.981. The minimum Gasteiger partial charge on any atom is -0.469 e. The number of rotatable bonds is 11. The molecule has 0 aliphatic carbocycles. The van der Waals surface area contributed by atoms with E-state index in [0.29, 0.717) is 11.4 Å². The Morgan fingerprint density at radius 1 is 1.18 bits per heavy atom. The van der Waals surface area contributed by atoms with Crippen LogP contribution in [0.2, 0.25) is 5.02 Å². The van der Waals surface area contributed by atoms with Gasteiger partial charge in [-0.3, -0.25) is 9.78 Å². The first kappa shape index (κ1) is 22.3. The maximum absolute atomic E-state index is 12.5. The van der Waals surface area contributed by atoms with Gasteiger partial charge in [0.1, 0.15) is 0 Å². The Labute approximate surface area is 171 Å². The molecule has 28 heavy (non-hydrogen) atoms. The molecule has 1 N–H and O–H groups in total. The number of carbonyl (C=O) groups is 1. The Morgan fingerprint density at radius 3 is 2.57 bits per heavy atom. The van der Waals surface area contributed by atoms with Crippen molar-refractivity contribution in [2.75, 3.05) is 13.7 Å². The Hall–Kier alpha value is -1.96. The number of halogens is 1. The molecule has 1 unspecified atom stereocenters. The van der Waals surface area contributed by atoms with Crippen molar-refractivity contribution in [2.24, 2.45) is 0 Å². The van der Waals surface area contributed by atoms with Crippen molar-refractivity contribution >= 4 is 27.6 Å². The molecular weight excluding hydrogens is 400 g/mol. The van der Waals surface area contributed by atoms with Crippen molar-refractivity contribution in [3.8, 4) is 0 Å². The summed E-state index contributed by atoms with van der Waals surface area (Å²) in [5.74, 6) is -0.214. The fourth-order valence-corrected chi connectivity index (χ4v) is 4.06. The Bertz CT molecular complexity index is 842. The van der Waals surface area contributed by atoms with Gasteiger partial charge in [0.05, 0.1) is 12.0 Å². The van der Waals surface area contributed by atoms with Gasteiger partial charge in [-0.2, -0.15) is 0 Å². The number of pyridine rings is 1. The zero-order chi connectivity index (χ0) is 20.4. The molecule has 1 aromatic carbocycles. The summed E-state index contributed by atoms with van der Waals surface area (Å²) in [7, 11) is -2.24. The largest absolute Gasteiger partial charge is 0.469 e. The first-order chi connectivity index (χ1) is 13.4. The van der Waals surface area contributed by atoms with E-state index in [2.05, 4.69) is 14.4 Å². The Kier molecular flexibility index (Phi) is 8.89. The van der Waals surface area contributed by atoms with Crippen LogP contribution in [-0.2, 0) is 19.6 Å². The van der Waals surface area contributed by atoms with E-state index in [-0.39, 0.29) is 23.3 Å². The van der Waals surface area contributed by atoms with Gasteiger partial charge < -0.3 is 4.74 Å². The summed E-state index contributed by atoms with van der Waals surface area (Å²) in [5, 5.41) is 0.485. The zero-order valence-electron chi connectivity index (χ0n) is 15.8. The number of esters is 1. The first-order valence-corrected chi connectivity index (χ1v) is 11.0. The molecule has 0 saturated carbocycles. The molecule has 0 saturated heterocycles. The van der Waals surface area contributed by atoms with Crippen LogP contribution in [0.3, 0.4) is 0 Å². The van der Waals surface area contributed by atoms with Crippen LogP contribution in [0.1, 0.15) is 43.6 Å². The highest BCUT2D eigenvalue weighted by atomic mass is 35.5. The number of aromatic nitrogens is 1. The number of nitrogens with one attached hydrogen (secondary N) is 1. The number of ether oxygens (including phenoxy) is 1.